The van der Waals surface area contributed by atoms with Gasteiger partial charge in [-0.2, -0.15) is 0 Å². The number of hydrogen-bond acceptors (Lipinski definition) is 2. The fourth-order valence-corrected chi connectivity index (χ4v) is 3.70. The molecule has 2 aliphatic carbocycles. The van der Waals surface area contributed by atoms with Crippen molar-refractivity contribution in [1.82, 2.24) is 5.06 Å². The van der Waals surface area contributed by atoms with Crippen LogP contribution in [0.1, 0.15) is 53.9 Å². The number of hydroxylamine groups is 2. The lowest BCUT2D eigenvalue weighted by Crippen LogP contribution is -2.61. The largest absolute Gasteiger partial charge is 0.297 e. The number of carbonyl (C=O) groups is 1. The molecule has 1 radical (unpaired) electrons. The Morgan fingerprint density at radius 1 is 1.31 bits per heavy atom. The molecule has 0 aromatic rings. The summed E-state index contributed by atoms with van der Waals surface area (Å²) < 4.78 is 0. The Kier molecular flexibility index (Phi) is 2.32. The van der Waals surface area contributed by atoms with Gasteiger partial charge in [0.25, 0.3) is 0 Å². The highest BCUT2D eigenvalue weighted by Crippen LogP contribution is 2.61. The van der Waals surface area contributed by atoms with Crippen molar-refractivity contribution in [3.05, 3.63) is 0 Å². The summed E-state index contributed by atoms with van der Waals surface area (Å²) in [5, 5.41) is 13.7. The Labute approximate surface area is 97.8 Å². The predicted octanol–water partition coefficient (Wildman–Crippen LogP) is 2.58. The Bertz CT molecular complexity index is 329. The first kappa shape index (κ1) is 12.1. The van der Waals surface area contributed by atoms with Crippen LogP contribution in [0.3, 0.4) is 0 Å². The Hall–Kier alpha value is -0.410. The van der Waals surface area contributed by atoms with Gasteiger partial charge in [0.1, 0.15) is 5.54 Å². The van der Waals surface area contributed by atoms with E-state index in [9.17, 15) is 10.0 Å². The van der Waals surface area contributed by atoms with E-state index in [0.717, 1.165) is 17.9 Å². The van der Waals surface area contributed by atoms with E-state index in [-0.39, 0.29) is 11.2 Å². The molecule has 16 heavy (non-hydrogen) atoms. The number of nitrogens with zero attached hydrogens (tertiary/aromatic N) is 1. The molecule has 3 nitrogen and oxygen atoms in total. The van der Waals surface area contributed by atoms with Crippen LogP contribution in [-0.4, -0.2) is 21.9 Å². The molecule has 0 spiro atoms. The number of ketones is 1. The maximum absolute atomic E-state index is 12.6. The molecule has 0 aromatic carbocycles. The van der Waals surface area contributed by atoms with Gasteiger partial charge < -0.3 is 0 Å². The fourth-order valence-electron chi connectivity index (χ4n) is 3.70. The van der Waals surface area contributed by atoms with Crippen molar-refractivity contribution < 1.29 is 10.0 Å². The van der Waals surface area contributed by atoms with Crippen LogP contribution >= 0.6 is 0 Å². The van der Waals surface area contributed by atoms with Gasteiger partial charge in [0.15, 0.2) is 5.78 Å². The van der Waals surface area contributed by atoms with E-state index in [1.54, 1.807) is 0 Å². The van der Waals surface area contributed by atoms with Crippen LogP contribution in [-0.2, 0) is 10.0 Å². The summed E-state index contributed by atoms with van der Waals surface area (Å²) in [6.45, 7) is 9.86. The summed E-state index contributed by atoms with van der Waals surface area (Å²) in [6.07, 6.45) is 2.36. The quantitative estimate of drug-likeness (QED) is 0.642. The number of carbonyl (C=O) groups excluding carboxylic acids is 1. The zero-order valence-corrected chi connectivity index (χ0v) is 11.0. The summed E-state index contributed by atoms with van der Waals surface area (Å²) in [5.41, 5.74) is -1.42. The van der Waals surface area contributed by atoms with E-state index in [1.807, 2.05) is 20.8 Å². The van der Waals surface area contributed by atoms with Crippen LogP contribution in [0, 0.1) is 11.3 Å². The molecule has 2 saturated carbocycles. The van der Waals surface area contributed by atoms with Gasteiger partial charge in [-0.05, 0) is 44.9 Å². The molecule has 2 atom stereocenters. The highest BCUT2D eigenvalue weighted by molar-refractivity contribution is 5.93. The van der Waals surface area contributed by atoms with Gasteiger partial charge in [0.2, 0.25) is 0 Å². The summed E-state index contributed by atoms with van der Waals surface area (Å²) in [7, 11) is 0. The molecule has 2 fully saturated rings. The van der Waals surface area contributed by atoms with Gasteiger partial charge in [-0.3, -0.25) is 4.79 Å². The number of Topliss-reactive ketones (excluding diaryl/α,β-unsaturated/α-hetero) is 1. The third-order valence-corrected chi connectivity index (χ3v) is 4.79. The maximum atomic E-state index is 12.6. The molecule has 0 saturated heterocycles. The highest BCUT2D eigenvalue weighted by Gasteiger charge is 2.68. The summed E-state index contributed by atoms with van der Waals surface area (Å²) >= 11 is 0. The van der Waals surface area contributed by atoms with Crippen LogP contribution in [0.2, 0.25) is 0 Å². The molecular formula is C13H22NO2. The second-order valence-corrected chi connectivity index (χ2v) is 6.91. The van der Waals surface area contributed by atoms with Gasteiger partial charge in [0, 0.05) is 12.0 Å². The SMILES string of the molecule is CC(C)(C)N([O])[C@]12CC[C@H](CC1=O)C2(C)C. The number of hydrogen-bond donors (Lipinski definition) is 0. The normalized spacial score (nSPS) is 37.4. The van der Waals surface area contributed by atoms with E-state index < -0.39 is 11.1 Å². The molecule has 0 heterocycles. The van der Waals surface area contributed by atoms with Crippen molar-refractivity contribution in [3.8, 4) is 0 Å². The molecular weight excluding hydrogens is 202 g/mol. The Morgan fingerprint density at radius 2 is 1.88 bits per heavy atom. The van der Waals surface area contributed by atoms with Gasteiger partial charge in [0.05, 0.1) is 0 Å². The van der Waals surface area contributed by atoms with E-state index in [2.05, 4.69) is 13.8 Å². The van der Waals surface area contributed by atoms with Crippen molar-refractivity contribution in [2.45, 2.75) is 65.0 Å². The molecule has 2 rings (SSSR count). The van der Waals surface area contributed by atoms with E-state index >= 15 is 0 Å². The topological polar surface area (TPSA) is 40.2 Å². The van der Waals surface area contributed by atoms with E-state index in [4.69, 9.17) is 0 Å². The zero-order valence-electron chi connectivity index (χ0n) is 11.0. The molecule has 2 aliphatic rings. The van der Waals surface area contributed by atoms with Crippen molar-refractivity contribution >= 4 is 5.78 Å². The summed E-state index contributed by atoms with van der Waals surface area (Å²) in [5.74, 6) is 0.567. The monoisotopic (exact) mass is 224 g/mol. The molecule has 0 N–H and O–H groups in total. The molecule has 0 aliphatic heterocycles. The minimum absolute atomic E-state index is 0.165. The van der Waals surface area contributed by atoms with Gasteiger partial charge in [-0.1, -0.05) is 13.8 Å². The lowest BCUT2D eigenvalue weighted by molar-refractivity contribution is -0.282. The first-order valence-corrected chi connectivity index (χ1v) is 6.15. The molecule has 3 heteroatoms. The predicted molar refractivity (Wildman–Crippen MR) is 61.1 cm³/mol. The number of rotatable bonds is 1. The Morgan fingerprint density at radius 3 is 2.19 bits per heavy atom. The van der Waals surface area contributed by atoms with Gasteiger partial charge in [-0.15, -0.1) is 10.3 Å². The van der Waals surface area contributed by atoms with Crippen molar-refractivity contribution in [2.75, 3.05) is 0 Å². The third-order valence-electron chi connectivity index (χ3n) is 4.79. The highest BCUT2D eigenvalue weighted by atomic mass is 16.5. The fraction of sp³-hybridized carbons (Fsp3) is 0.923. The zero-order chi connectivity index (χ0) is 12.4. The van der Waals surface area contributed by atoms with Crippen molar-refractivity contribution in [3.63, 3.8) is 0 Å². The number of fused-ring (bicyclic) bond motifs is 2. The minimum atomic E-state index is -0.754. The minimum Gasteiger partial charge on any atom is -0.297 e. The molecule has 2 bridgehead atoms. The van der Waals surface area contributed by atoms with Crippen LogP contribution in [0.5, 0.6) is 0 Å². The van der Waals surface area contributed by atoms with Crippen molar-refractivity contribution in [1.29, 1.82) is 0 Å². The lowest BCUT2D eigenvalue weighted by Gasteiger charge is -2.46. The molecule has 0 unspecified atom stereocenters. The van der Waals surface area contributed by atoms with Gasteiger partial charge in [-0.25, -0.2) is 0 Å². The average Bonchev–Trinajstić information content (AvgIpc) is 2.48. The third kappa shape index (κ3) is 1.19. The molecule has 0 amide bonds. The van der Waals surface area contributed by atoms with Crippen molar-refractivity contribution in [2.24, 2.45) is 11.3 Å². The Balaban J connectivity index is 2.47. The van der Waals surface area contributed by atoms with Crippen LogP contribution in [0.15, 0.2) is 0 Å². The van der Waals surface area contributed by atoms with E-state index in [1.165, 1.54) is 0 Å². The summed E-state index contributed by atoms with van der Waals surface area (Å²) in [6, 6.07) is 0. The maximum Gasteiger partial charge on any atom is 0.156 e. The van der Waals surface area contributed by atoms with E-state index in [0.29, 0.717) is 12.3 Å². The standard InChI is InChI=1S/C13H22NO2/c1-11(2,3)14(16)13-7-6-9(8-10(13)15)12(13,4)5/h9H,6-8H2,1-5H3/t9-,13-/m1/s1. The lowest BCUT2D eigenvalue weighted by atomic mass is 9.74. The first-order chi connectivity index (χ1) is 7.14. The molecule has 0 aromatic heterocycles. The second-order valence-electron chi connectivity index (χ2n) is 6.91. The van der Waals surface area contributed by atoms with Crippen LogP contribution < -0.4 is 0 Å². The molecule has 91 valence electrons. The average molecular weight is 224 g/mol. The smallest absolute Gasteiger partial charge is 0.156 e. The van der Waals surface area contributed by atoms with Crippen LogP contribution in [0.4, 0.5) is 0 Å². The second kappa shape index (κ2) is 3.08. The van der Waals surface area contributed by atoms with Crippen LogP contribution in [0.25, 0.3) is 0 Å². The summed E-state index contributed by atoms with van der Waals surface area (Å²) in [4.78, 5) is 12.2. The first-order valence-electron chi connectivity index (χ1n) is 6.15. The van der Waals surface area contributed by atoms with Gasteiger partial charge >= 0.3 is 0 Å².